The number of benzene rings is 2. The van der Waals surface area contributed by atoms with Crippen molar-refractivity contribution in [2.45, 2.75) is 13.0 Å². The molecule has 8 heteroatoms. The molecule has 1 atom stereocenters. The zero-order valence-corrected chi connectivity index (χ0v) is 16.6. The number of ether oxygens (including phenoxy) is 2. The van der Waals surface area contributed by atoms with Crippen LogP contribution in [0.4, 0.5) is 0 Å². The molecule has 0 aliphatic carbocycles. The van der Waals surface area contributed by atoms with Gasteiger partial charge in [0.1, 0.15) is 0 Å². The van der Waals surface area contributed by atoms with Crippen molar-refractivity contribution in [3.05, 3.63) is 57.6 Å². The molecule has 2 aromatic carbocycles. The monoisotopic (exact) mass is 410 g/mol. The maximum absolute atomic E-state index is 12.2. The molecule has 2 N–H and O–H groups in total. The lowest BCUT2D eigenvalue weighted by molar-refractivity contribution is -0.120. The number of methoxy groups -OCH3 is 2. The first kappa shape index (κ1) is 20.9. The van der Waals surface area contributed by atoms with Gasteiger partial charge in [0.15, 0.2) is 11.5 Å². The van der Waals surface area contributed by atoms with Crippen molar-refractivity contribution < 1.29 is 19.1 Å². The molecule has 6 nitrogen and oxygen atoms in total. The van der Waals surface area contributed by atoms with Crippen molar-refractivity contribution in [2.75, 3.05) is 20.8 Å². The number of hydrogen-bond donors (Lipinski definition) is 2. The van der Waals surface area contributed by atoms with Gasteiger partial charge in [0, 0.05) is 15.6 Å². The molecule has 0 bridgehead atoms. The molecule has 2 aromatic rings. The summed E-state index contributed by atoms with van der Waals surface area (Å²) < 4.78 is 10.3. The lowest BCUT2D eigenvalue weighted by Gasteiger charge is -2.16. The SMILES string of the molecule is COc1ccc(C(=O)NCC(=O)NC(C)c2ccc(Cl)cc2Cl)cc1OC. The molecule has 0 aliphatic heterocycles. The summed E-state index contributed by atoms with van der Waals surface area (Å²) in [4.78, 5) is 24.4. The summed E-state index contributed by atoms with van der Waals surface area (Å²) >= 11 is 12.0. The molecule has 2 rings (SSSR count). The normalized spacial score (nSPS) is 11.4. The highest BCUT2D eigenvalue weighted by Crippen LogP contribution is 2.27. The summed E-state index contributed by atoms with van der Waals surface area (Å²) in [5, 5.41) is 6.33. The number of halogens is 2. The van der Waals surface area contributed by atoms with Crippen LogP contribution in [0.25, 0.3) is 0 Å². The Balaban J connectivity index is 1.94. The van der Waals surface area contributed by atoms with E-state index >= 15 is 0 Å². The zero-order valence-electron chi connectivity index (χ0n) is 15.1. The highest BCUT2D eigenvalue weighted by molar-refractivity contribution is 6.35. The Kier molecular flexibility index (Phi) is 7.33. The Hall–Kier alpha value is -2.44. The summed E-state index contributed by atoms with van der Waals surface area (Å²) in [6.45, 7) is 1.62. The maximum Gasteiger partial charge on any atom is 0.251 e. The number of carbonyl (C=O) groups excluding carboxylic acids is 2. The first-order valence-corrected chi connectivity index (χ1v) is 8.85. The van der Waals surface area contributed by atoms with Crippen molar-refractivity contribution in [3.63, 3.8) is 0 Å². The van der Waals surface area contributed by atoms with Crippen LogP contribution >= 0.6 is 23.2 Å². The number of nitrogens with one attached hydrogen (secondary N) is 2. The molecule has 0 radical (unpaired) electrons. The third kappa shape index (κ3) is 5.52. The predicted molar refractivity (Wildman–Crippen MR) is 105 cm³/mol. The highest BCUT2D eigenvalue weighted by atomic mass is 35.5. The first-order chi connectivity index (χ1) is 12.8. The van der Waals surface area contributed by atoms with E-state index in [-0.39, 0.29) is 18.5 Å². The third-order valence-corrected chi connectivity index (χ3v) is 4.42. The molecule has 0 saturated carbocycles. The standard InChI is InChI=1S/C19H20Cl2N2O4/c1-11(14-6-5-13(20)9-15(14)21)23-18(24)10-22-19(25)12-4-7-16(26-2)17(8-12)27-3/h4-9,11H,10H2,1-3H3,(H,22,25)(H,23,24). The van der Waals surface area contributed by atoms with Gasteiger partial charge in [-0.1, -0.05) is 29.3 Å². The van der Waals surface area contributed by atoms with Gasteiger partial charge in [-0.15, -0.1) is 0 Å². The van der Waals surface area contributed by atoms with Crippen LogP contribution in [0.15, 0.2) is 36.4 Å². The minimum Gasteiger partial charge on any atom is -0.493 e. The van der Waals surface area contributed by atoms with Crippen molar-refractivity contribution in [1.29, 1.82) is 0 Å². The minimum atomic E-state index is -0.400. The Morgan fingerprint density at radius 2 is 1.74 bits per heavy atom. The average molecular weight is 411 g/mol. The lowest BCUT2D eigenvalue weighted by atomic mass is 10.1. The summed E-state index contributed by atoms with van der Waals surface area (Å²) in [6.07, 6.45) is 0. The topological polar surface area (TPSA) is 76.7 Å². The third-order valence-electron chi connectivity index (χ3n) is 3.86. The fourth-order valence-corrected chi connectivity index (χ4v) is 3.04. The van der Waals surface area contributed by atoms with Gasteiger partial charge in [0.25, 0.3) is 5.91 Å². The number of amides is 2. The van der Waals surface area contributed by atoms with Crippen molar-refractivity contribution in [3.8, 4) is 11.5 Å². The Bertz CT molecular complexity index is 842. The molecule has 0 heterocycles. The van der Waals surface area contributed by atoms with E-state index in [1.807, 2.05) is 0 Å². The second-order valence-corrected chi connectivity index (χ2v) is 6.55. The molecule has 0 saturated heterocycles. The molecule has 0 fully saturated rings. The van der Waals surface area contributed by atoms with Gasteiger partial charge in [-0.3, -0.25) is 9.59 Å². The smallest absolute Gasteiger partial charge is 0.251 e. The van der Waals surface area contributed by atoms with Crippen LogP contribution in [0, 0.1) is 0 Å². The number of rotatable bonds is 7. The molecule has 2 amide bonds. The molecule has 1 unspecified atom stereocenters. The average Bonchev–Trinajstić information content (AvgIpc) is 2.65. The highest BCUT2D eigenvalue weighted by Gasteiger charge is 2.15. The second kappa shape index (κ2) is 9.48. The van der Waals surface area contributed by atoms with Crippen LogP contribution in [0.5, 0.6) is 11.5 Å². The second-order valence-electron chi connectivity index (χ2n) is 5.71. The summed E-state index contributed by atoms with van der Waals surface area (Å²) in [5.74, 6) is 0.201. The van der Waals surface area contributed by atoms with Gasteiger partial charge in [0.2, 0.25) is 5.91 Å². The molecular weight excluding hydrogens is 391 g/mol. The number of hydrogen-bond acceptors (Lipinski definition) is 4. The van der Waals surface area contributed by atoms with Crippen molar-refractivity contribution in [2.24, 2.45) is 0 Å². The minimum absolute atomic E-state index is 0.178. The maximum atomic E-state index is 12.2. The van der Waals surface area contributed by atoms with Crippen LogP contribution in [0.3, 0.4) is 0 Å². The van der Waals surface area contributed by atoms with E-state index in [2.05, 4.69) is 10.6 Å². The van der Waals surface area contributed by atoms with Crippen LogP contribution in [-0.4, -0.2) is 32.6 Å². The van der Waals surface area contributed by atoms with E-state index in [1.165, 1.54) is 14.2 Å². The molecule has 0 aliphatic rings. The van der Waals surface area contributed by atoms with Gasteiger partial charge in [-0.25, -0.2) is 0 Å². The van der Waals surface area contributed by atoms with Gasteiger partial charge in [-0.05, 0) is 42.8 Å². The predicted octanol–water partition coefficient (Wildman–Crippen LogP) is 3.62. The van der Waals surface area contributed by atoms with Crippen molar-refractivity contribution in [1.82, 2.24) is 10.6 Å². The van der Waals surface area contributed by atoms with E-state index in [9.17, 15) is 9.59 Å². The van der Waals surface area contributed by atoms with Crippen molar-refractivity contribution >= 4 is 35.0 Å². The molecule has 27 heavy (non-hydrogen) atoms. The molecule has 144 valence electrons. The lowest BCUT2D eigenvalue weighted by Crippen LogP contribution is -2.38. The van der Waals surface area contributed by atoms with E-state index in [0.717, 1.165) is 5.56 Å². The largest absolute Gasteiger partial charge is 0.493 e. The van der Waals surface area contributed by atoms with E-state index < -0.39 is 5.91 Å². The van der Waals surface area contributed by atoms with Crippen LogP contribution in [0.1, 0.15) is 28.9 Å². The number of carbonyl (C=O) groups is 2. The first-order valence-electron chi connectivity index (χ1n) is 8.10. The van der Waals surface area contributed by atoms with Gasteiger partial charge in [-0.2, -0.15) is 0 Å². The van der Waals surface area contributed by atoms with E-state index in [1.54, 1.807) is 43.3 Å². The Morgan fingerprint density at radius 1 is 1.04 bits per heavy atom. The molecule has 0 spiro atoms. The van der Waals surface area contributed by atoms with E-state index in [0.29, 0.717) is 27.1 Å². The fourth-order valence-electron chi connectivity index (χ4n) is 2.46. The summed E-state index contributed by atoms with van der Waals surface area (Å²) in [7, 11) is 2.99. The molecular formula is C19H20Cl2N2O4. The van der Waals surface area contributed by atoms with Gasteiger partial charge < -0.3 is 20.1 Å². The summed E-state index contributed by atoms with van der Waals surface area (Å²) in [5.41, 5.74) is 1.09. The summed E-state index contributed by atoms with van der Waals surface area (Å²) in [6, 6.07) is 9.48. The van der Waals surface area contributed by atoms with Crippen LogP contribution < -0.4 is 20.1 Å². The van der Waals surface area contributed by atoms with Crippen LogP contribution in [-0.2, 0) is 4.79 Å². The van der Waals surface area contributed by atoms with Gasteiger partial charge >= 0.3 is 0 Å². The zero-order chi connectivity index (χ0) is 20.0. The Morgan fingerprint density at radius 3 is 2.37 bits per heavy atom. The van der Waals surface area contributed by atoms with E-state index in [4.69, 9.17) is 32.7 Å². The fraction of sp³-hybridized carbons (Fsp3) is 0.263. The van der Waals surface area contributed by atoms with Gasteiger partial charge in [0.05, 0.1) is 26.8 Å². The van der Waals surface area contributed by atoms with Crippen LogP contribution in [0.2, 0.25) is 10.0 Å². The quantitative estimate of drug-likeness (QED) is 0.730. The molecule has 0 aromatic heterocycles. The Labute approximate surface area is 167 Å².